The molecule has 0 unspecified atom stereocenters. The van der Waals surface area contributed by atoms with Crippen molar-refractivity contribution in [2.45, 2.75) is 0 Å². The number of methoxy groups -OCH3 is 1. The Morgan fingerprint density at radius 1 is 1.60 bits per heavy atom. The maximum atomic E-state index is 13.4. The first kappa shape index (κ1) is 10.9. The van der Waals surface area contributed by atoms with Gasteiger partial charge in [-0.05, 0) is 6.07 Å². The summed E-state index contributed by atoms with van der Waals surface area (Å²) in [5.41, 5.74) is 3.67. The molecule has 0 heterocycles. The Bertz CT molecular complexity index is 433. The third kappa shape index (κ3) is 1.85. The lowest BCUT2D eigenvalue weighted by atomic mass is 10.1. The molecular weight excluding hydrogens is 207 g/mol. The molecule has 2 N–H and O–H groups in total. The molecule has 0 fully saturated rings. The van der Waals surface area contributed by atoms with Crippen LogP contribution in [0.5, 0.6) is 0 Å². The summed E-state index contributed by atoms with van der Waals surface area (Å²) in [7, 11) is 1.03. The SMILES string of the molecule is COC(=O)c1c(N)ccc([N+](=O)[O-])c1F. The van der Waals surface area contributed by atoms with Crippen LogP contribution in [0.2, 0.25) is 0 Å². The maximum absolute atomic E-state index is 13.4. The van der Waals surface area contributed by atoms with Gasteiger partial charge in [0.1, 0.15) is 5.56 Å². The van der Waals surface area contributed by atoms with E-state index >= 15 is 0 Å². The standard InChI is InChI=1S/C8H7FN2O4/c1-15-8(12)6-4(10)2-3-5(7(6)9)11(13)14/h2-3H,10H2,1H3. The van der Waals surface area contributed by atoms with Crippen LogP contribution >= 0.6 is 0 Å². The van der Waals surface area contributed by atoms with E-state index in [4.69, 9.17) is 5.73 Å². The van der Waals surface area contributed by atoms with E-state index in [0.29, 0.717) is 0 Å². The number of nitrogens with zero attached hydrogens (tertiary/aromatic N) is 1. The van der Waals surface area contributed by atoms with Crippen LogP contribution in [-0.2, 0) is 4.74 Å². The van der Waals surface area contributed by atoms with Crippen LogP contribution in [-0.4, -0.2) is 18.0 Å². The molecule has 1 rings (SSSR count). The van der Waals surface area contributed by atoms with Gasteiger partial charge in [-0.1, -0.05) is 0 Å². The number of nitro groups is 1. The number of nitrogen functional groups attached to an aromatic ring is 1. The van der Waals surface area contributed by atoms with Crippen LogP contribution in [0.25, 0.3) is 0 Å². The molecule has 0 aliphatic rings. The van der Waals surface area contributed by atoms with Gasteiger partial charge in [0.2, 0.25) is 5.82 Å². The highest BCUT2D eigenvalue weighted by molar-refractivity contribution is 5.96. The van der Waals surface area contributed by atoms with E-state index in [9.17, 15) is 19.3 Å². The lowest BCUT2D eigenvalue weighted by Gasteiger charge is -2.04. The monoisotopic (exact) mass is 214 g/mol. The largest absolute Gasteiger partial charge is 0.465 e. The van der Waals surface area contributed by atoms with E-state index in [1.54, 1.807) is 0 Å². The number of rotatable bonds is 2. The summed E-state index contributed by atoms with van der Waals surface area (Å²) in [4.78, 5) is 20.5. The van der Waals surface area contributed by atoms with E-state index in [-0.39, 0.29) is 5.69 Å². The van der Waals surface area contributed by atoms with Crippen molar-refractivity contribution in [2.75, 3.05) is 12.8 Å². The number of hydrogen-bond donors (Lipinski definition) is 1. The fraction of sp³-hybridized carbons (Fsp3) is 0.125. The average Bonchev–Trinajstić information content (AvgIpc) is 2.16. The highest BCUT2D eigenvalue weighted by Crippen LogP contribution is 2.25. The molecule has 15 heavy (non-hydrogen) atoms. The summed E-state index contributed by atoms with van der Waals surface area (Å²) in [6, 6.07) is 1.96. The molecule has 1 aromatic carbocycles. The smallest absolute Gasteiger partial charge is 0.343 e. The zero-order valence-corrected chi connectivity index (χ0v) is 7.69. The number of carbonyl (C=O) groups is 1. The van der Waals surface area contributed by atoms with Crippen LogP contribution < -0.4 is 5.73 Å². The molecular formula is C8H7FN2O4. The Balaban J connectivity index is 3.43. The van der Waals surface area contributed by atoms with E-state index in [2.05, 4.69) is 4.74 Å². The number of ether oxygens (including phenoxy) is 1. The Labute approximate surface area is 83.6 Å². The van der Waals surface area contributed by atoms with Gasteiger partial charge in [-0.3, -0.25) is 10.1 Å². The first-order chi connectivity index (χ1) is 6.99. The molecule has 0 aliphatic heterocycles. The van der Waals surface area contributed by atoms with E-state index in [1.165, 1.54) is 0 Å². The minimum atomic E-state index is -1.29. The number of nitro benzene ring substituents is 1. The molecule has 0 spiro atoms. The van der Waals surface area contributed by atoms with Crippen molar-refractivity contribution in [1.82, 2.24) is 0 Å². The van der Waals surface area contributed by atoms with Crippen molar-refractivity contribution >= 4 is 17.3 Å². The summed E-state index contributed by atoms with van der Waals surface area (Å²) in [5.74, 6) is -2.33. The van der Waals surface area contributed by atoms with Crippen LogP contribution in [0.3, 0.4) is 0 Å². The van der Waals surface area contributed by atoms with Crippen molar-refractivity contribution < 1.29 is 18.8 Å². The lowest BCUT2D eigenvalue weighted by Crippen LogP contribution is -2.10. The highest BCUT2D eigenvalue weighted by atomic mass is 19.1. The Morgan fingerprint density at radius 2 is 2.20 bits per heavy atom. The number of carbonyl (C=O) groups excluding carboxylic acids is 1. The number of benzene rings is 1. The van der Waals surface area contributed by atoms with E-state index in [0.717, 1.165) is 19.2 Å². The minimum Gasteiger partial charge on any atom is -0.465 e. The van der Waals surface area contributed by atoms with Crippen molar-refractivity contribution in [1.29, 1.82) is 0 Å². The second kappa shape index (κ2) is 3.91. The molecule has 0 bridgehead atoms. The van der Waals surface area contributed by atoms with Gasteiger partial charge in [0.05, 0.1) is 12.0 Å². The Kier molecular flexibility index (Phi) is 2.84. The van der Waals surface area contributed by atoms with E-state index in [1.807, 2.05) is 0 Å². The molecule has 0 aromatic heterocycles. The zero-order chi connectivity index (χ0) is 11.6. The summed E-state index contributed by atoms with van der Waals surface area (Å²) in [6.45, 7) is 0. The van der Waals surface area contributed by atoms with Gasteiger partial charge < -0.3 is 10.5 Å². The third-order valence-corrected chi connectivity index (χ3v) is 1.74. The molecule has 6 nitrogen and oxygen atoms in total. The average molecular weight is 214 g/mol. The topological polar surface area (TPSA) is 95.5 Å². The number of nitrogens with two attached hydrogens (primary N) is 1. The van der Waals surface area contributed by atoms with E-state index < -0.39 is 28.0 Å². The van der Waals surface area contributed by atoms with Gasteiger partial charge in [0, 0.05) is 11.8 Å². The summed E-state index contributed by atoms with van der Waals surface area (Å²) in [6.07, 6.45) is 0. The first-order valence-electron chi connectivity index (χ1n) is 3.79. The molecule has 0 radical (unpaired) electrons. The predicted octanol–water partition coefficient (Wildman–Crippen LogP) is 1.10. The predicted molar refractivity (Wildman–Crippen MR) is 48.8 cm³/mol. The lowest BCUT2D eigenvalue weighted by molar-refractivity contribution is -0.387. The van der Waals surface area contributed by atoms with Crippen molar-refractivity contribution in [3.05, 3.63) is 33.6 Å². The highest BCUT2D eigenvalue weighted by Gasteiger charge is 2.25. The molecule has 1 aromatic rings. The van der Waals surface area contributed by atoms with Gasteiger partial charge >= 0.3 is 11.7 Å². The minimum absolute atomic E-state index is 0.204. The summed E-state index contributed by atoms with van der Waals surface area (Å²) >= 11 is 0. The number of esters is 1. The summed E-state index contributed by atoms with van der Waals surface area (Å²) < 4.78 is 17.7. The van der Waals surface area contributed by atoms with Crippen LogP contribution in [0.15, 0.2) is 12.1 Å². The molecule has 0 aliphatic carbocycles. The summed E-state index contributed by atoms with van der Waals surface area (Å²) in [5, 5.41) is 10.4. The fourth-order valence-electron chi connectivity index (χ4n) is 1.03. The molecule has 7 heteroatoms. The van der Waals surface area contributed by atoms with Crippen molar-refractivity contribution in [2.24, 2.45) is 0 Å². The maximum Gasteiger partial charge on any atom is 0.343 e. The number of anilines is 1. The quantitative estimate of drug-likeness (QED) is 0.344. The molecule has 0 amide bonds. The van der Waals surface area contributed by atoms with Gasteiger partial charge in [-0.25, -0.2) is 4.79 Å². The molecule has 80 valence electrons. The second-order valence-corrected chi connectivity index (χ2v) is 2.61. The molecule has 0 atom stereocenters. The molecule has 0 saturated heterocycles. The normalized spacial score (nSPS) is 9.73. The third-order valence-electron chi connectivity index (χ3n) is 1.74. The van der Waals surface area contributed by atoms with Gasteiger partial charge in [-0.2, -0.15) is 4.39 Å². The van der Waals surface area contributed by atoms with Gasteiger partial charge in [-0.15, -0.1) is 0 Å². The first-order valence-corrected chi connectivity index (χ1v) is 3.79. The van der Waals surface area contributed by atoms with Gasteiger partial charge in [0.25, 0.3) is 0 Å². The van der Waals surface area contributed by atoms with Crippen molar-refractivity contribution in [3.8, 4) is 0 Å². The van der Waals surface area contributed by atoms with Crippen LogP contribution in [0, 0.1) is 15.9 Å². The Morgan fingerprint density at radius 3 is 2.67 bits per heavy atom. The Hall–Kier alpha value is -2.18. The van der Waals surface area contributed by atoms with Crippen molar-refractivity contribution in [3.63, 3.8) is 0 Å². The van der Waals surface area contributed by atoms with Crippen LogP contribution in [0.4, 0.5) is 15.8 Å². The number of hydrogen-bond acceptors (Lipinski definition) is 5. The fourth-order valence-corrected chi connectivity index (χ4v) is 1.03. The second-order valence-electron chi connectivity index (χ2n) is 2.61. The zero-order valence-electron chi connectivity index (χ0n) is 7.69. The number of halogens is 1. The van der Waals surface area contributed by atoms with Gasteiger partial charge in [0.15, 0.2) is 0 Å². The molecule has 0 saturated carbocycles. The van der Waals surface area contributed by atoms with Crippen LogP contribution in [0.1, 0.15) is 10.4 Å².